The minimum atomic E-state index is 0. The molecular formula is C6H6Br3ClN2. The lowest BCUT2D eigenvalue weighted by Gasteiger charge is -2.05. The van der Waals surface area contributed by atoms with E-state index >= 15 is 0 Å². The summed E-state index contributed by atoms with van der Waals surface area (Å²) < 4.78 is 2.83. The van der Waals surface area contributed by atoms with Crippen molar-refractivity contribution in [1.82, 2.24) is 0 Å². The summed E-state index contributed by atoms with van der Waals surface area (Å²) in [5.41, 5.74) is 3.42. The van der Waals surface area contributed by atoms with Crippen molar-refractivity contribution < 1.29 is 0 Å². The van der Waals surface area contributed by atoms with Gasteiger partial charge in [0.25, 0.3) is 0 Å². The number of benzene rings is 1. The second kappa shape index (κ2) is 5.44. The van der Waals surface area contributed by atoms with Gasteiger partial charge >= 0.3 is 0 Å². The van der Waals surface area contributed by atoms with Crippen molar-refractivity contribution >= 4 is 65.9 Å². The molecule has 1 aromatic carbocycles. The van der Waals surface area contributed by atoms with Crippen LogP contribution in [0.3, 0.4) is 0 Å². The Labute approximate surface area is 102 Å². The molecule has 1 rings (SSSR count). The molecule has 0 radical (unpaired) electrons. The monoisotopic (exact) mass is 378 g/mol. The van der Waals surface area contributed by atoms with Crippen molar-refractivity contribution in [3.8, 4) is 0 Å². The molecule has 0 heterocycles. The van der Waals surface area contributed by atoms with Gasteiger partial charge in [-0.3, -0.25) is 5.84 Å². The zero-order chi connectivity index (χ0) is 8.43. The van der Waals surface area contributed by atoms with Gasteiger partial charge in [-0.25, -0.2) is 0 Å². The van der Waals surface area contributed by atoms with Gasteiger partial charge in [-0.15, -0.1) is 12.4 Å². The number of hydrogen-bond acceptors (Lipinski definition) is 2. The topological polar surface area (TPSA) is 38.0 Å². The molecule has 0 spiro atoms. The van der Waals surface area contributed by atoms with E-state index in [4.69, 9.17) is 5.84 Å². The number of hydrazine groups is 1. The minimum Gasteiger partial charge on any atom is -0.322 e. The molecule has 68 valence electrons. The average molecular weight is 381 g/mol. The summed E-state index contributed by atoms with van der Waals surface area (Å²) in [5, 5.41) is 0. The molecule has 12 heavy (non-hydrogen) atoms. The first kappa shape index (κ1) is 12.7. The summed E-state index contributed by atoms with van der Waals surface area (Å²) in [6.07, 6.45) is 0. The highest BCUT2D eigenvalue weighted by atomic mass is 79.9. The van der Waals surface area contributed by atoms with Gasteiger partial charge in [0.1, 0.15) is 0 Å². The number of nitrogens with two attached hydrogens (primary N) is 1. The molecule has 0 aliphatic heterocycles. The van der Waals surface area contributed by atoms with E-state index in [1.807, 2.05) is 12.1 Å². The normalized spacial score (nSPS) is 9.00. The third-order valence-electron chi connectivity index (χ3n) is 1.15. The van der Waals surface area contributed by atoms with Gasteiger partial charge in [0.15, 0.2) is 0 Å². The predicted octanol–water partition coefficient (Wildman–Crippen LogP) is 3.68. The van der Waals surface area contributed by atoms with Crippen LogP contribution >= 0.6 is 60.2 Å². The van der Waals surface area contributed by atoms with E-state index in [1.165, 1.54) is 0 Å². The Morgan fingerprint density at radius 3 is 1.83 bits per heavy atom. The molecular weight excluding hydrogens is 375 g/mol. The number of halogens is 4. The maximum Gasteiger partial charge on any atom is 0.0771 e. The van der Waals surface area contributed by atoms with Crippen LogP contribution in [0.5, 0.6) is 0 Å². The summed E-state index contributed by atoms with van der Waals surface area (Å²) >= 11 is 10.1. The number of nitrogens with one attached hydrogen (secondary N) is 1. The van der Waals surface area contributed by atoms with Crippen molar-refractivity contribution in [3.05, 3.63) is 25.6 Å². The van der Waals surface area contributed by atoms with Gasteiger partial charge in [0.2, 0.25) is 0 Å². The molecule has 0 atom stereocenters. The van der Waals surface area contributed by atoms with Crippen molar-refractivity contribution in [3.63, 3.8) is 0 Å². The SMILES string of the molecule is Cl.NNc1c(Br)cc(Br)cc1Br. The Kier molecular flexibility index (Phi) is 5.76. The molecule has 0 unspecified atom stereocenters. The molecule has 2 nitrogen and oxygen atoms in total. The van der Waals surface area contributed by atoms with E-state index in [-0.39, 0.29) is 12.4 Å². The first-order valence-electron chi connectivity index (χ1n) is 2.76. The van der Waals surface area contributed by atoms with Gasteiger partial charge in [-0.2, -0.15) is 0 Å². The lowest BCUT2D eigenvalue weighted by molar-refractivity contribution is 1.32. The second-order valence-electron chi connectivity index (χ2n) is 1.89. The van der Waals surface area contributed by atoms with Crippen LogP contribution in [0.15, 0.2) is 25.6 Å². The summed E-state index contributed by atoms with van der Waals surface area (Å²) in [7, 11) is 0. The molecule has 0 bridgehead atoms. The highest BCUT2D eigenvalue weighted by Crippen LogP contribution is 2.33. The zero-order valence-corrected chi connectivity index (χ0v) is 11.3. The summed E-state index contributed by atoms with van der Waals surface area (Å²) in [4.78, 5) is 0. The minimum absolute atomic E-state index is 0. The van der Waals surface area contributed by atoms with Crippen molar-refractivity contribution in [1.29, 1.82) is 0 Å². The zero-order valence-electron chi connectivity index (χ0n) is 5.77. The van der Waals surface area contributed by atoms with Crippen molar-refractivity contribution in [2.24, 2.45) is 5.84 Å². The smallest absolute Gasteiger partial charge is 0.0771 e. The van der Waals surface area contributed by atoms with Crippen LogP contribution in [-0.4, -0.2) is 0 Å². The summed E-state index contributed by atoms with van der Waals surface area (Å²) in [6.45, 7) is 0. The predicted molar refractivity (Wildman–Crippen MR) is 64.6 cm³/mol. The fourth-order valence-corrected chi connectivity index (χ4v) is 3.17. The van der Waals surface area contributed by atoms with Gasteiger partial charge in [0.05, 0.1) is 5.69 Å². The Bertz CT molecular complexity index is 256. The summed E-state index contributed by atoms with van der Waals surface area (Å²) in [6, 6.07) is 3.83. The Hall–Kier alpha value is 0.710. The molecule has 0 aliphatic rings. The third kappa shape index (κ3) is 2.88. The highest BCUT2D eigenvalue weighted by molar-refractivity contribution is 9.11. The van der Waals surface area contributed by atoms with E-state index < -0.39 is 0 Å². The van der Waals surface area contributed by atoms with Crippen LogP contribution < -0.4 is 11.3 Å². The molecule has 0 aromatic heterocycles. The van der Waals surface area contributed by atoms with Crippen LogP contribution in [0.25, 0.3) is 0 Å². The largest absolute Gasteiger partial charge is 0.322 e. The molecule has 3 N–H and O–H groups in total. The maximum absolute atomic E-state index is 5.28. The molecule has 0 saturated heterocycles. The summed E-state index contributed by atoms with van der Waals surface area (Å²) in [5.74, 6) is 5.28. The van der Waals surface area contributed by atoms with Gasteiger partial charge in [-0.05, 0) is 44.0 Å². The van der Waals surface area contributed by atoms with E-state index in [0.717, 1.165) is 19.1 Å². The fourth-order valence-electron chi connectivity index (χ4n) is 0.680. The quantitative estimate of drug-likeness (QED) is 0.575. The second-order valence-corrected chi connectivity index (χ2v) is 4.51. The molecule has 0 fully saturated rings. The van der Waals surface area contributed by atoms with E-state index in [1.54, 1.807) is 0 Å². The molecule has 1 aromatic rings. The van der Waals surface area contributed by atoms with Crippen molar-refractivity contribution in [2.45, 2.75) is 0 Å². The van der Waals surface area contributed by atoms with Crippen LogP contribution in [0.1, 0.15) is 0 Å². The fraction of sp³-hybridized carbons (Fsp3) is 0. The van der Waals surface area contributed by atoms with Crippen LogP contribution in [0, 0.1) is 0 Å². The highest BCUT2D eigenvalue weighted by Gasteiger charge is 2.03. The van der Waals surface area contributed by atoms with Crippen LogP contribution in [0.4, 0.5) is 5.69 Å². The first-order chi connectivity index (χ1) is 5.15. The third-order valence-corrected chi connectivity index (χ3v) is 2.86. The Morgan fingerprint density at radius 1 is 1.08 bits per heavy atom. The first-order valence-corrected chi connectivity index (χ1v) is 5.14. The Balaban J connectivity index is 0.00000121. The molecule has 0 aliphatic carbocycles. The lowest BCUT2D eigenvalue weighted by atomic mass is 10.3. The average Bonchev–Trinajstić information content (AvgIpc) is 1.85. The van der Waals surface area contributed by atoms with Gasteiger partial charge < -0.3 is 5.43 Å². The number of hydrogen-bond donors (Lipinski definition) is 2. The van der Waals surface area contributed by atoms with E-state index in [2.05, 4.69) is 53.2 Å². The van der Waals surface area contributed by atoms with E-state index in [0.29, 0.717) is 0 Å². The number of nitrogen functional groups attached to an aromatic ring is 1. The van der Waals surface area contributed by atoms with E-state index in [9.17, 15) is 0 Å². The van der Waals surface area contributed by atoms with Gasteiger partial charge in [-0.1, -0.05) is 15.9 Å². The van der Waals surface area contributed by atoms with Crippen molar-refractivity contribution in [2.75, 3.05) is 5.43 Å². The lowest BCUT2D eigenvalue weighted by Crippen LogP contribution is -2.07. The van der Waals surface area contributed by atoms with Crippen LogP contribution in [0.2, 0.25) is 0 Å². The molecule has 0 saturated carbocycles. The van der Waals surface area contributed by atoms with Gasteiger partial charge in [0, 0.05) is 13.4 Å². The van der Waals surface area contributed by atoms with Crippen LogP contribution in [-0.2, 0) is 0 Å². The standard InChI is InChI=1S/C6H5Br3N2.ClH/c7-3-1-4(8)6(11-10)5(9)2-3;/h1-2,11H,10H2;1H. The number of rotatable bonds is 1. The Morgan fingerprint density at radius 2 is 1.50 bits per heavy atom. The molecule has 6 heteroatoms. The molecule has 0 amide bonds. The number of anilines is 1. The maximum atomic E-state index is 5.28.